The number of pyridine rings is 1. The Kier molecular flexibility index (Phi) is 7.56. The number of nitrogens with zero attached hydrogens (tertiary/aromatic N) is 2. The Labute approximate surface area is 232 Å². The maximum absolute atomic E-state index is 13.6. The fourth-order valence-corrected chi connectivity index (χ4v) is 5.10. The molecule has 1 aliphatic heterocycles. The number of rotatable bonds is 9. The standard InChI is InChI=1S/C31H32FN3O5/c1-19(36)13-28(37)35-16-24-25(17-35)29(24)40-27-15-22(14-26(33-27)21-9-11-23(32)12-10-21)31(2,3)34-30(38)39-18-20-7-5-4-6-8-20/h4-12,14-15,24-25,29H,13,16-18H2,1-3H3,(H,34,38)/t24-,25+,29+. The minimum Gasteiger partial charge on any atom is -0.474 e. The average Bonchev–Trinajstić information content (AvgIpc) is 3.33. The Morgan fingerprint density at radius 3 is 2.35 bits per heavy atom. The molecule has 0 bridgehead atoms. The molecule has 1 aromatic heterocycles. The maximum atomic E-state index is 13.6. The number of piperidine rings is 1. The number of carbonyl (C=O) groups is 3. The molecule has 208 valence electrons. The minimum absolute atomic E-state index is 0.0779. The number of amides is 2. The number of carbonyl (C=O) groups excluding carboxylic acids is 3. The van der Waals surface area contributed by atoms with Crippen LogP contribution in [0.15, 0.2) is 66.7 Å². The van der Waals surface area contributed by atoms with E-state index < -0.39 is 11.6 Å². The lowest BCUT2D eigenvalue weighted by atomic mass is 9.93. The monoisotopic (exact) mass is 545 g/mol. The molecular formula is C31H32FN3O5. The van der Waals surface area contributed by atoms with E-state index in [1.165, 1.54) is 19.1 Å². The van der Waals surface area contributed by atoms with Crippen LogP contribution in [0, 0.1) is 17.7 Å². The quantitative estimate of drug-likeness (QED) is 0.386. The molecule has 2 fully saturated rings. The summed E-state index contributed by atoms with van der Waals surface area (Å²) >= 11 is 0. The van der Waals surface area contributed by atoms with E-state index in [2.05, 4.69) is 10.3 Å². The van der Waals surface area contributed by atoms with E-state index in [0.717, 1.165) is 11.1 Å². The number of Topliss-reactive ketones (excluding diaryl/α,β-unsaturated/α-hetero) is 1. The molecule has 1 saturated heterocycles. The first kappa shape index (κ1) is 27.3. The summed E-state index contributed by atoms with van der Waals surface area (Å²) in [6.07, 6.45) is -0.744. The van der Waals surface area contributed by atoms with Crippen LogP contribution in [-0.2, 0) is 26.5 Å². The molecule has 1 aliphatic carbocycles. The van der Waals surface area contributed by atoms with E-state index in [9.17, 15) is 18.8 Å². The van der Waals surface area contributed by atoms with Crippen LogP contribution in [0.5, 0.6) is 5.88 Å². The van der Waals surface area contributed by atoms with Gasteiger partial charge >= 0.3 is 6.09 Å². The molecule has 1 saturated carbocycles. The normalized spacial score (nSPS) is 19.5. The van der Waals surface area contributed by atoms with E-state index in [1.807, 2.05) is 50.2 Å². The third-order valence-electron chi connectivity index (χ3n) is 7.42. The van der Waals surface area contributed by atoms with Crippen molar-refractivity contribution in [2.75, 3.05) is 13.1 Å². The molecule has 8 nitrogen and oxygen atoms in total. The van der Waals surface area contributed by atoms with Crippen LogP contribution in [0.2, 0.25) is 0 Å². The van der Waals surface area contributed by atoms with Gasteiger partial charge in [0.1, 0.15) is 24.3 Å². The van der Waals surface area contributed by atoms with Crippen molar-refractivity contribution in [1.29, 1.82) is 0 Å². The average molecular weight is 546 g/mol. The van der Waals surface area contributed by atoms with Gasteiger partial charge < -0.3 is 19.7 Å². The van der Waals surface area contributed by atoms with Crippen molar-refractivity contribution >= 4 is 17.8 Å². The second-order valence-electron chi connectivity index (χ2n) is 11.0. The third kappa shape index (κ3) is 6.30. The van der Waals surface area contributed by atoms with E-state index >= 15 is 0 Å². The van der Waals surface area contributed by atoms with Crippen LogP contribution >= 0.6 is 0 Å². The van der Waals surface area contributed by atoms with Crippen molar-refractivity contribution in [2.24, 2.45) is 11.8 Å². The molecule has 2 aliphatic rings. The lowest BCUT2D eigenvalue weighted by Gasteiger charge is -2.27. The summed E-state index contributed by atoms with van der Waals surface area (Å²) in [7, 11) is 0. The SMILES string of the molecule is CC(=O)CC(=O)N1C[C@@H]2[C@H](C1)[C@H]2Oc1cc(C(C)(C)NC(=O)OCc2ccccc2)cc(-c2ccc(F)cc2)n1. The highest BCUT2D eigenvalue weighted by Crippen LogP contribution is 2.48. The van der Waals surface area contributed by atoms with Crippen molar-refractivity contribution in [3.05, 3.63) is 83.7 Å². The summed E-state index contributed by atoms with van der Waals surface area (Å²) in [4.78, 5) is 42.7. The number of ketones is 1. The zero-order valence-corrected chi connectivity index (χ0v) is 22.7. The van der Waals surface area contributed by atoms with Gasteiger partial charge in [-0.3, -0.25) is 9.59 Å². The predicted octanol–water partition coefficient (Wildman–Crippen LogP) is 4.86. The van der Waals surface area contributed by atoms with Crippen molar-refractivity contribution in [2.45, 2.75) is 45.4 Å². The number of alkyl carbamates (subject to hydrolysis) is 1. The van der Waals surface area contributed by atoms with Crippen molar-refractivity contribution in [3.8, 4) is 17.1 Å². The van der Waals surface area contributed by atoms with E-state index in [4.69, 9.17) is 9.47 Å². The number of hydrogen-bond acceptors (Lipinski definition) is 6. The van der Waals surface area contributed by atoms with Crippen molar-refractivity contribution in [1.82, 2.24) is 15.2 Å². The summed E-state index contributed by atoms with van der Waals surface area (Å²) in [5.41, 5.74) is 2.04. The van der Waals surface area contributed by atoms with Crippen LogP contribution in [0.3, 0.4) is 0 Å². The molecule has 0 radical (unpaired) electrons. The summed E-state index contributed by atoms with van der Waals surface area (Å²) in [6, 6.07) is 19.1. The minimum atomic E-state index is -0.848. The Morgan fingerprint density at radius 1 is 1.02 bits per heavy atom. The van der Waals surface area contributed by atoms with Crippen molar-refractivity contribution in [3.63, 3.8) is 0 Å². The summed E-state index contributed by atoms with van der Waals surface area (Å²) < 4.78 is 25.3. The fraction of sp³-hybridized carbons (Fsp3) is 0.355. The van der Waals surface area contributed by atoms with E-state index in [0.29, 0.717) is 30.2 Å². The van der Waals surface area contributed by atoms with Gasteiger partial charge in [-0.05, 0) is 62.2 Å². The molecule has 0 spiro atoms. The highest BCUT2D eigenvalue weighted by atomic mass is 19.1. The zero-order valence-electron chi connectivity index (χ0n) is 22.7. The van der Waals surface area contributed by atoms with Crippen LogP contribution in [0.25, 0.3) is 11.3 Å². The van der Waals surface area contributed by atoms with Gasteiger partial charge in [-0.2, -0.15) is 0 Å². The number of aromatic nitrogens is 1. The van der Waals surface area contributed by atoms with E-state index in [1.54, 1.807) is 23.1 Å². The summed E-state index contributed by atoms with van der Waals surface area (Å²) in [6.45, 7) is 6.37. The highest BCUT2D eigenvalue weighted by molar-refractivity contribution is 5.97. The first-order chi connectivity index (χ1) is 19.1. The smallest absolute Gasteiger partial charge is 0.408 e. The number of fused-ring (bicyclic) bond motifs is 1. The molecule has 3 atom stereocenters. The van der Waals surface area contributed by atoms with Gasteiger partial charge in [0.15, 0.2) is 0 Å². The fourth-order valence-electron chi connectivity index (χ4n) is 5.10. The van der Waals surface area contributed by atoms with Gasteiger partial charge in [0.2, 0.25) is 11.8 Å². The zero-order chi connectivity index (χ0) is 28.4. The number of nitrogens with one attached hydrogen (secondary N) is 1. The number of hydrogen-bond donors (Lipinski definition) is 1. The molecule has 5 rings (SSSR count). The Morgan fingerprint density at radius 2 is 1.70 bits per heavy atom. The third-order valence-corrected chi connectivity index (χ3v) is 7.42. The molecule has 2 aromatic carbocycles. The second kappa shape index (κ2) is 11.1. The summed E-state index contributed by atoms with van der Waals surface area (Å²) in [5, 5.41) is 2.92. The molecule has 2 heterocycles. The number of ether oxygens (including phenoxy) is 2. The molecule has 9 heteroatoms. The van der Waals surface area contributed by atoms with Crippen LogP contribution in [-0.4, -0.2) is 46.9 Å². The largest absolute Gasteiger partial charge is 0.474 e. The lowest BCUT2D eigenvalue weighted by Crippen LogP contribution is -2.41. The topological polar surface area (TPSA) is 97.8 Å². The summed E-state index contributed by atoms with van der Waals surface area (Å²) in [5.74, 6) is 0.0843. The van der Waals surface area contributed by atoms with Gasteiger partial charge in [0.05, 0.1) is 17.7 Å². The molecule has 40 heavy (non-hydrogen) atoms. The molecule has 3 aromatic rings. The van der Waals surface area contributed by atoms with E-state index in [-0.39, 0.29) is 48.5 Å². The molecule has 0 unspecified atom stereocenters. The van der Waals surface area contributed by atoms with Gasteiger partial charge in [-0.1, -0.05) is 30.3 Å². The second-order valence-corrected chi connectivity index (χ2v) is 11.0. The van der Waals surface area contributed by atoms with Crippen LogP contribution in [0.1, 0.15) is 38.3 Å². The Hall–Kier alpha value is -4.27. The number of likely N-dealkylation sites (tertiary alicyclic amines) is 1. The predicted molar refractivity (Wildman–Crippen MR) is 146 cm³/mol. The number of halogens is 1. The van der Waals surface area contributed by atoms with Gasteiger partial charge in [0.25, 0.3) is 0 Å². The maximum Gasteiger partial charge on any atom is 0.408 e. The van der Waals surface area contributed by atoms with Gasteiger partial charge in [-0.15, -0.1) is 0 Å². The molecule has 2 amide bonds. The Balaban J connectivity index is 1.31. The van der Waals surface area contributed by atoms with Gasteiger partial charge in [0, 0.05) is 36.6 Å². The number of benzene rings is 2. The molecular weight excluding hydrogens is 513 g/mol. The molecule has 1 N–H and O–H groups in total. The van der Waals surface area contributed by atoms with Crippen LogP contribution < -0.4 is 10.1 Å². The van der Waals surface area contributed by atoms with Crippen LogP contribution in [0.4, 0.5) is 9.18 Å². The van der Waals surface area contributed by atoms with Gasteiger partial charge in [-0.25, -0.2) is 14.2 Å². The highest BCUT2D eigenvalue weighted by Gasteiger charge is 2.59. The van der Waals surface area contributed by atoms with Crippen molar-refractivity contribution < 1.29 is 28.2 Å². The lowest BCUT2D eigenvalue weighted by molar-refractivity contribution is -0.134. The Bertz CT molecular complexity index is 1400. The first-order valence-electron chi connectivity index (χ1n) is 13.3. The first-order valence-corrected chi connectivity index (χ1v) is 13.3.